The van der Waals surface area contributed by atoms with Crippen molar-refractivity contribution in [1.82, 2.24) is 10.2 Å². The number of nitrogens with one attached hydrogen (secondary N) is 1. The van der Waals surface area contributed by atoms with Gasteiger partial charge in [0, 0.05) is 24.2 Å². The predicted molar refractivity (Wildman–Crippen MR) is 89.6 cm³/mol. The van der Waals surface area contributed by atoms with Crippen molar-refractivity contribution in [1.29, 1.82) is 0 Å². The van der Waals surface area contributed by atoms with E-state index in [4.69, 9.17) is 0 Å². The molecule has 1 saturated carbocycles. The van der Waals surface area contributed by atoms with Gasteiger partial charge in [-0.1, -0.05) is 43.2 Å². The lowest BCUT2D eigenvalue weighted by Crippen LogP contribution is -2.68. The molecule has 3 rings (SSSR count). The Bertz CT molecular complexity index is 446. The predicted octanol–water partition coefficient (Wildman–Crippen LogP) is 3.62. The average Bonchev–Trinajstić information content (AvgIpc) is 2.85. The van der Waals surface area contributed by atoms with E-state index in [1.165, 1.54) is 63.7 Å². The minimum Gasteiger partial charge on any atom is -0.304 e. The van der Waals surface area contributed by atoms with Crippen LogP contribution in [0.1, 0.15) is 51.5 Å². The molecule has 1 aromatic carbocycles. The van der Waals surface area contributed by atoms with Crippen molar-refractivity contribution in [2.75, 3.05) is 19.6 Å². The highest BCUT2D eigenvalue weighted by molar-refractivity contribution is 5.14. The standard InChI is InChI=1S/C19H30N2/c1-18(2)15-21(16-19(20-18)12-6-7-13-19)14-8-11-17-9-4-3-5-10-17/h3-5,9-10,20H,6-8,11-16H2,1-2H3. The molecule has 0 unspecified atom stereocenters. The van der Waals surface area contributed by atoms with E-state index in [-0.39, 0.29) is 5.54 Å². The lowest BCUT2D eigenvalue weighted by Gasteiger charge is -2.50. The molecule has 1 aromatic rings. The van der Waals surface area contributed by atoms with Crippen molar-refractivity contribution >= 4 is 0 Å². The van der Waals surface area contributed by atoms with E-state index in [2.05, 4.69) is 54.4 Å². The molecule has 21 heavy (non-hydrogen) atoms. The molecule has 0 atom stereocenters. The van der Waals surface area contributed by atoms with Crippen LogP contribution in [-0.2, 0) is 6.42 Å². The van der Waals surface area contributed by atoms with Crippen LogP contribution in [0.2, 0.25) is 0 Å². The number of piperazine rings is 1. The van der Waals surface area contributed by atoms with Gasteiger partial charge >= 0.3 is 0 Å². The second kappa shape index (κ2) is 6.10. The van der Waals surface area contributed by atoms with Crippen LogP contribution in [0.4, 0.5) is 0 Å². The Labute approximate surface area is 129 Å². The SMILES string of the molecule is CC1(C)CN(CCCc2ccccc2)CC2(CCCC2)N1. The summed E-state index contributed by atoms with van der Waals surface area (Å²) >= 11 is 0. The summed E-state index contributed by atoms with van der Waals surface area (Å²) in [6, 6.07) is 10.9. The van der Waals surface area contributed by atoms with E-state index in [1.54, 1.807) is 0 Å². The summed E-state index contributed by atoms with van der Waals surface area (Å²) in [5.41, 5.74) is 2.14. The minimum atomic E-state index is 0.259. The number of benzene rings is 1. The van der Waals surface area contributed by atoms with Crippen molar-refractivity contribution in [3.8, 4) is 0 Å². The molecule has 1 aliphatic heterocycles. The number of hydrogen-bond acceptors (Lipinski definition) is 2. The summed E-state index contributed by atoms with van der Waals surface area (Å²) in [6.07, 6.45) is 8.02. The summed E-state index contributed by atoms with van der Waals surface area (Å²) in [4.78, 5) is 2.71. The van der Waals surface area contributed by atoms with Crippen molar-refractivity contribution < 1.29 is 0 Å². The van der Waals surface area contributed by atoms with Crippen LogP contribution >= 0.6 is 0 Å². The van der Waals surface area contributed by atoms with Gasteiger partial charge in [-0.3, -0.25) is 4.90 Å². The Balaban J connectivity index is 1.55. The first kappa shape index (κ1) is 15.1. The maximum atomic E-state index is 3.96. The molecular formula is C19H30N2. The summed E-state index contributed by atoms with van der Waals surface area (Å²) in [5, 5.41) is 3.96. The first-order valence-electron chi connectivity index (χ1n) is 8.63. The summed E-state index contributed by atoms with van der Waals surface area (Å²) < 4.78 is 0. The van der Waals surface area contributed by atoms with Gasteiger partial charge in [0.25, 0.3) is 0 Å². The fourth-order valence-electron chi connectivity index (χ4n) is 4.48. The van der Waals surface area contributed by atoms with Gasteiger partial charge in [0.05, 0.1) is 0 Å². The van der Waals surface area contributed by atoms with Crippen LogP contribution in [0.25, 0.3) is 0 Å². The van der Waals surface area contributed by atoms with Crippen LogP contribution in [0, 0.1) is 0 Å². The molecule has 1 heterocycles. The Morgan fingerprint density at radius 1 is 1.05 bits per heavy atom. The fourth-order valence-corrected chi connectivity index (χ4v) is 4.48. The number of nitrogens with zero attached hydrogens (tertiary/aromatic N) is 1. The topological polar surface area (TPSA) is 15.3 Å². The van der Waals surface area contributed by atoms with Crippen LogP contribution in [-0.4, -0.2) is 35.6 Å². The summed E-state index contributed by atoms with van der Waals surface area (Å²) in [6.45, 7) is 8.42. The average molecular weight is 286 g/mol. The van der Waals surface area contributed by atoms with Gasteiger partial charge in [-0.25, -0.2) is 0 Å². The molecule has 116 valence electrons. The van der Waals surface area contributed by atoms with Gasteiger partial charge in [0.15, 0.2) is 0 Å². The molecule has 1 N–H and O–H groups in total. The first-order valence-corrected chi connectivity index (χ1v) is 8.63. The zero-order chi connectivity index (χ0) is 14.8. The van der Waals surface area contributed by atoms with E-state index < -0.39 is 0 Å². The van der Waals surface area contributed by atoms with Crippen LogP contribution in [0.5, 0.6) is 0 Å². The number of hydrogen-bond donors (Lipinski definition) is 1. The summed E-state index contributed by atoms with van der Waals surface area (Å²) in [5.74, 6) is 0. The van der Waals surface area contributed by atoms with Gasteiger partial charge < -0.3 is 5.32 Å². The van der Waals surface area contributed by atoms with Crippen LogP contribution < -0.4 is 5.32 Å². The largest absolute Gasteiger partial charge is 0.304 e. The zero-order valence-corrected chi connectivity index (χ0v) is 13.7. The Kier molecular flexibility index (Phi) is 4.37. The molecule has 0 bridgehead atoms. The van der Waals surface area contributed by atoms with E-state index in [0.29, 0.717) is 5.54 Å². The Morgan fingerprint density at radius 3 is 2.48 bits per heavy atom. The van der Waals surface area contributed by atoms with Crippen molar-refractivity contribution in [3.63, 3.8) is 0 Å². The molecule has 1 spiro atoms. The van der Waals surface area contributed by atoms with Gasteiger partial charge in [0.1, 0.15) is 0 Å². The highest BCUT2D eigenvalue weighted by atomic mass is 15.3. The molecule has 2 heteroatoms. The van der Waals surface area contributed by atoms with E-state index in [1.807, 2.05) is 0 Å². The summed E-state index contributed by atoms with van der Waals surface area (Å²) in [7, 11) is 0. The van der Waals surface area contributed by atoms with E-state index in [0.717, 1.165) is 0 Å². The normalized spacial score (nSPS) is 24.5. The van der Waals surface area contributed by atoms with Crippen molar-refractivity contribution in [2.24, 2.45) is 0 Å². The van der Waals surface area contributed by atoms with Crippen molar-refractivity contribution in [3.05, 3.63) is 35.9 Å². The van der Waals surface area contributed by atoms with E-state index in [9.17, 15) is 0 Å². The maximum Gasteiger partial charge on any atom is 0.0313 e. The molecule has 1 saturated heterocycles. The minimum absolute atomic E-state index is 0.259. The molecule has 0 aromatic heterocycles. The van der Waals surface area contributed by atoms with Gasteiger partial charge in [-0.15, -0.1) is 0 Å². The highest BCUT2D eigenvalue weighted by Gasteiger charge is 2.43. The zero-order valence-electron chi connectivity index (χ0n) is 13.7. The molecule has 2 fully saturated rings. The van der Waals surface area contributed by atoms with E-state index >= 15 is 0 Å². The lowest BCUT2D eigenvalue weighted by molar-refractivity contribution is 0.0617. The maximum absolute atomic E-state index is 3.96. The lowest BCUT2D eigenvalue weighted by atomic mass is 9.87. The Hall–Kier alpha value is -0.860. The third kappa shape index (κ3) is 3.87. The second-order valence-corrected chi connectivity index (χ2v) is 7.80. The van der Waals surface area contributed by atoms with Crippen LogP contribution in [0.15, 0.2) is 30.3 Å². The monoisotopic (exact) mass is 286 g/mol. The molecule has 0 radical (unpaired) electrons. The first-order chi connectivity index (χ1) is 10.1. The third-order valence-corrected chi connectivity index (χ3v) is 5.09. The molecular weight excluding hydrogens is 256 g/mol. The Morgan fingerprint density at radius 2 is 1.76 bits per heavy atom. The molecule has 2 aliphatic rings. The van der Waals surface area contributed by atoms with Gasteiger partial charge in [0.2, 0.25) is 0 Å². The number of aryl methyl sites for hydroxylation is 1. The second-order valence-electron chi connectivity index (χ2n) is 7.80. The molecule has 1 aliphatic carbocycles. The van der Waals surface area contributed by atoms with Gasteiger partial charge in [-0.2, -0.15) is 0 Å². The highest BCUT2D eigenvalue weighted by Crippen LogP contribution is 2.35. The third-order valence-electron chi connectivity index (χ3n) is 5.09. The quantitative estimate of drug-likeness (QED) is 0.909. The fraction of sp³-hybridized carbons (Fsp3) is 0.684. The van der Waals surface area contributed by atoms with Crippen LogP contribution in [0.3, 0.4) is 0 Å². The van der Waals surface area contributed by atoms with Crippen molar-refractivity contribution in [2.45, 2.75) is 63.5 Å². The smallest absolute Gasteiger partial charge is 0.0313 e. The number of rotatable bonds is 4. The van der Waals surface area contributed by atoms with Gasteiger partial charge in [-0.05, 0) is 51.6 Å². The molecule has 0 amide bonds. The molecule has 2 nitrogen and oxygen atoms in total.